The standard InChI is InChI=1S/C28H33F2N5O2/c1-16-19(7-6-8-20(16)24(29)30)17(2)31-25-21-14-35(23(36)13-22(21)32-18(3)33-25)28-11-9-27(15-28,10-12-28)26(37)34(4)5/h6-8,13-14,17,24H,9-12,15H2,1-5H3,(H,31,32,33)/t17-,27?,28?/m1/s1. The first kappa shape index (κ1) is 25.3. The fraction of sp³-hybridized carbons (Fsp3) is 0.500. The number of anilines is 1. The number of nitrogens with one attached hydrogen (secondary N) is 1. The number of carbonyl (C=O) groups excluding carboxylic acids is 1. The van der Waals surface area contributed by atoms with Gasteiger partial charge in [0.2, 0.25) is 5.91 Å². The van der Waals surface area contributed by atoms with E-state index in [1.54, 1.807) is 49.5 Å². The first-order valence-corrected chi connectivity index (χ1v) is 12.7. The molecule has 2 bridgehead atoms. The lowest BCUT2D eigenvalue weighted by Gasteiger charge is -2.30. The molecule has 2 fully saturated rings. The van der Waals surface area contributed by atoms with Gasteiger partial charge in [0.25, 0.3) is 12.0 Å². The van der Waals surface area contributed by atoms with E-state index >= 15 is 0 Å². The largest absolute Gasteiger partial charge is 0.363 e. The molecule has 2 heterocycles. The van der Waals surface area contributed by atoms with Gasteiger partial charge in [-0.3, -0.25) is 9.59 Å². The van der Waals surface area contributed by atoms with E-state index in [4.69, 9.17) is 0 Å². The number of fused-ring (bicyclic) bond motifs is 3. The maximum atomic E-state index is 13.5. The zero-order chi connectivity index (χ0) is 26.7. The van der Waals surface area contributed by atoms with Crippen LogP contribution in [0.4, 0.5) is 14.6 Å². The number of aryl methyl sites for hydroxylation is 1. The molecule has 0 unspecified atom stereocenters. The number of alkyl halides is 2. The highest BCUT2D eigenvalue weighted by Crippen LogP contribution is 2.60. The van der Waals surface area contributed by atoms with Gasteiger partial charge in [0.15, 0.2) is 0 Å². The molecule has 1 aromatic carbocycles. The van der Waals surface area contributed by atoms with Crippen LogP contribution in [-0.2, 0) is 10.3 Å². The number of carbonyl (C=O) groups is 1. The fourth-order valence-electron chi connectivity index (χ4n) is 6.63. The van der Waals surface area contributed by atoms with Crippen molar-refractivity contribution in [3.63, 3.8) is 0 Å². The third kappa shape index (κ3) is 4.08. The van der Waals surface area contributed by atoms with Gasteiger partial charge in [-0.15, -0.1) is 0 Å². The van der Waals surface area contributed by atoms with Crippen molar-refractivity contribution in [2.24, 2.45) is 5.41 Å². The minimum Gasteiger partial charge on any atom is -0.363 e. The summed E-state index contributed by atoms with van der Waals surface area (Å²) in [5.74, 6) is 1.19. The Morgan fingerprint density at radius 1 is 1.11 bits per heavy atom. The Morgan fingerprint density at radius 3 is 2.43 bits per heavy atom. The predicted octanol–water partition coefficient (Wildman–Crippen LogP) is 5.27. The van der Waals surface area contributed by atoms with Crippen molar-refractivity contribution in [2.45, 2.75) is 70.9 Å². The molecule has 9 heteroatoms. The second-order valence-electron chi connectivity index (χ2n) is 11.0. The molecule has 5 rings (SSSR count). The van der Waals surface area contributed by atoms with Gasteiger partial charge < -0.3 is 14.8 Å². The molecule has 2 aromatic heterocycles. The van der Waals surface area contributed by atoms with E-state index in [2.05, 4.69) is 15.3 Å². The van der Waals surface area contributed by atoms with E-state index in [0.717, 1.165) is 31.2 Å². The zero-order valence-corrected chi connectivity index (χ0v) is 21.9. The molecule has 2 saturated carbocycles. The van der Waals surface area contributed by atoms with Crippen molar-refractivity contribution in [1.29, 1.82) is 0 Å². The third-order valence-corrected chi connectivity index (χ3v) is 8.49. The number of hydrogen-bond acceptors (Lipinski definition) is 5. The Bertz CT molecular complexity index is 1440. The van der Waals surface area contributed by atoms with Crippen LogP contribution in [0.5, 0.6) is 0 Å². The highest BCUT2D eigenvalue weighted by molar-refractivity contribution is 5.88. The number of amides is 1. The van der Waals surface area contributed by atoms with Crippen molar-refractivity contribution in [3.05, 3.63) is 63.3 Å². The maximum absolute atomic E-state index is 13.5. The second kappa shape index (κ2) is 8.89. The first-order valence-electron chi connectivity index (χ1n) is 12.7. The van der Waals surface area contributed by atoms with Gasteiger partial charge >= 0.3 is 0 Å². The van der Waals surface area contributed by atoms with Crippen LogP contribution in [0.15, 0.2) is 35.3 Å². The summed E-state index contributed by atoms with van der Waals surface area (Å²) < 4.78 is 28.8. The van der Waals surface area contributed by atoms with Crippen LogP contribution in [0.25, 0.3) is 10.9 Å². The van der Waals surface area contributed by atoms with E-state index in [0.29, 0.717) is 34.5 Å². The average Bonchev–Trinajstić information content (AvgIpc) is 3.41. The third-order valence-electron chi connectivity index (χ3n) is 8.49. The molecular formula is C28H33F2N5O2. The maximum Gasteiger partial charge on any atom is 0.264 e. The Labute approximate surface area is 214 Å². The molecule has 196 valence electrons. The minimum atomic E-state index is -2.55. The van der Waals surface area contributed by atoms with E-state index in [1.165, 1.54) is 6.07 Å². The topological polar surface area (TPSA) is 80.1 Å². The Morgan fingerprint density at radius 2 is 1.78 bits per heavy atom. The molecular weight excluding hydrogens is 476 g/mol. The molecule has 37 heavy (non-hydrogen) atoms. The summed E-state index contributed by atoms with van der Waals surface area (Å²) in [5.41, 5.74) is 0.887. The molecule has 1 atom stereocenters. The SMILES string of the molecule is Cc1nc(N[C@H](C)c2cccc(C(F)F)c2C)c2cn(C34CCC(C(=O)N(C)C)(CC3)C4)c(=O)cc2n1. The van der Waals surface area contributed by atoms with Gasteiger partial charge in [-0.1, -0.05) is 18.2 Å². The smallest absolute Gasteiger partial charge is 0.264 e. The summed E-state index contributed by atoms with van der Waals surface area (Å²) >= 11 is 0. The molecule has 7 nitrogen and oxygen atoms in total. The molecule has 0 spiro atoms. The lowest BCUT2D eigenvalue weighted by Crippen LogP contribution is -2.37. The van der Waals surface area contributed by atoms with Crippen LogP contribution in [-0.4, -0.2) is 39.4 Å². The van der Waals surface area contributed by atoms with Crippen LogP contribution < -0.4 is 10.9 Å². The van der Waals surface area contributed by atoms with Gasteiger partial charge in [0, 0.05) is 37.5 Å². The zero-order valence-electron chi connectivity index (χ0n) is 21.9. The molecule has 2 aliphatic carbocycles. The van der Waals surface area contributed by atoms with Crippen LogP contribution in [0.3, 0.4) is 0 Å². The van der Waals surface area contributed by atoms with E-state index in [1.807, 2.05) is 19.2 Å². The molecule has 0 aliphatic heterocycles. The lowest BCUT2D eigenvalue weighted by atomic mass is 9.83. The number of nitrogens with zero attached hydrogens (tertiary/aromatic N) is 4. The molecule has 3 aromatic rings. The fourth-order valence-corrected chi connectivity index (χ4v) is 6.63. The van der Waals surface area contributed by atoms with E-state index in [-0.39, 0.29) is 23.1 Å². The normalized spacial score (nSPS) is 23.6. The van der Waals surface area contributed by atoms with Crippen LogP contribution >= 0.6 is 0 Å². The number of benzene rings is 1. The molecule has 1 amide bonds. The first-order chi connectivity index (χ1) is 17.5. The summed E-state index contributed by atoms with van der Waals surface area (Å²) in [6, 6.07) is 6.16. The Hall–Kier alpha value is -3.36. The average molecular weight is 510 g/mol. The van der Waals surface area contributed by atoms with Crippen molar-refractivity contribution in [2.75, 3.05) is 19.4 Å². The number of pyridine rings is 1. The quantitative estimate of drug-likeness (QED) is 0.490. The summed E-state index contributed by atoms with van der Waals surface area (Å²) in [7, 11) is 3.57. The van der Waals surface area contributed by atoms with E-state index in [9.17, 15) is 18.4 Å². The summed E-state index contributed by atoms with van der Waals surface area (Å²) in [6.07, 6.45) is 2.99. The molecule has 0 saturated heterocycles. The van der Waals surface area contributed by atoms with Crippen molar-refractivity contribution < 1.29 is 13.6 Å². The Kier molecular flexibility index (Phi) is 6.08. The lowest BCUT2D eigenvalue weighted by molar-refractivity contribution is -0.139. The van der Waals surface area contributed by atoms with Gasteiger partial charge in [-0.2, -0.15) is 0 Å². The predicted molar refractivity (Wildman–Crippen MR) is 139 cm³/mol. The van der Waals surface area contributed by atoms with Gasteiger partial charge in [-0.25, -0.2) is 18.7 Å². The number of hydrogen-bond donors (Lipinski definition) is 1. The number of halogens is 2. The molecule has 0 radical (unpaired) electrons. The summed E-state index contributed by atoms with van der Waals surface area (Å²) in [5, 5.41) is 4.09. The second-order valence-corrected chi connectivity index (χ2v) is 11.0. The molecule has 2 aliphatic rings. The van der Waals surface area contributed by atoms with Gasteiger partial charge in [-0.05, 0) is 64.0 Å². The monoisotopic (exact) mass is 509 g/mol. The summed E-state index contributed by atoms with van der Waals surface area (Å²) in [6.45, 7) is 5.37. The van der Waals surface area contributed by atoms with Crippen molar-refractivity contribution >= 4 is 22.6 Å². The number of rotatable bonds is 6. The van der Waals surface area contributed by atoms with Crippen LogP contribution in [0.1, 0.15) is 74.0 Å². The van der Waals surface area contributed by atoms with E-state index < -0.39 is 17.4 Å². The highest BCUT2D eigenvalue weighted by atomic mass is 19.3. The van der Waals surface area contributed by atoms with Crippen molar-refractivity contribution in [1.82, 2.24) is 19.4 Å². The number of aromatic nitrogens is 3. The highest BCUT2D eigenvalue weighted by Gasteiger charge is 2.59. The van der Waals surface area contributed by atoms with Crippen LogP contribution in [0.2, 0.25) is 0 Å². The van der Waals surface area contributed by atoms with Gasteiger partial charge in [0.05, 0.1) is 22.4 Å². The molecule has 1 N–H and O–H groups in total. The summed E-state index contributed by atoms with van der Waals surface area (Å²) in [4.78, 5) is 37.1. The minimum absolute atomic E-state index is 0.0148. The Balaban J connectivity index is 1.55. The van der Waals surface area contributed by atoms with Gasteiger partial charge in [0.1, 0.15) is 11.6 Å². The van der Waals surface area contributed by atoms with Crippen LogP contribution in [0, 0.1) is 19.3 Å². The van der Waals surface area contributed by atoms with Crippen molar-refractivity contribution in [3.8, 4) is 0 Å².